The van der Waals surface area contributed by atoms with E-state index in [1.54, 1.807) is 18.2 Å². The number of nitrogens with zero attached hydrogens (tertiary/aromatic N) is 1. The Bertz CT molecular complexity index is 937. The fourth-order valence-corrected chi connectivity index (χ4v) is 8.35. The number of nitrogens with one attached hydrogen (secondary N) is 2. The van der Waals surface area contributed by atoms with Gasteiger partial charge in [-0.1, -0.05) is 30.5 Å². The second kappa shape index (κ2) is 7.68. The van der Waals surface area contributed by atoms with Gasteiger partial charge >= 0.3 is 6.03 Å². The van der Waals surface area contributed by atoms with Crippen molar-refractivity contribution in [2.45, 2.75) is 55.4 Å². The van der Waals surface area contributed by atoms with E-state index in [0.717, 1.165) is 31.1 Å². The first-order chi connectivity index (χ1) is 14.4. The zero-order chi connectivity index (χ0) is 20.9. The first-order valence-electron chi connectivity index (χ1n) is 11.2. The fraction of sp³-hybridized carbons (Fsp3) is 0.682. The van der Waals surface area contributed by atoms with Crippen molar-refractivity contribution in [2.75, 3.05) is 19.6 Å². The van der Waals surface area contributed by atoms with Crippen molar-refractivity contribution in [3.8, 4) is 0 Å². The zero-order valence-corrected chi connectivity index (χ0v) is 18.7. The molecular weight excluding hydrogens is 422 g/mol. The van der Waals surface area contributed by atoms with E-state index in [4.69, 9.17) is 11.6 Å². The highest BCUT2D eigenvalue weighted by molar-refractivity contribution is 7.89. The van der Waals surface area contributed by atoms with E-state index in [1.165, 1.54) is 36.1 Å². The lowest BCUT2D eigenvalue weighted by molar-refractivity contribution is 0.0328. The number of sulfonamides is 1. The molecule has 3 saturated carbocycles. The normalized spacial score (nSPS) is 35.5. The third kappa shape index (κ3) is 3.63. The second-order valence-corrected chi connectivity index (χ2v) is 12.1. The summed E-state index contributed by atoms with van der Waals surface area (Å²) in [5.41, 5.74) is 0.0253. The van der Waals surface area contributed by atoms with Gasteiger partial charge in [-0.25, -0.2) is 13.2 Å². The first-order valence-corrected chi connectivity index (χ1v) is 13.0. The molecule has 2 amide bonds. The zero-order valence-electron chi connectivity index (χ0n) is 17.1. The van der Waals surface area contributed by atoms with Gasteiger partial charge in [-0.3, -0.25) is 0 Å². The quantitative estimate of drug-likeness (QED) is 0.717. The number of urea groups is 1. The van der Waals surface area contributed by atoms with E-state index in [1.807, 2.05) is 0 Å². The van der Waals surface area contributed by atoms with Crippen LogP contribution in [0.3, 0.4) is 0 Å². The maximum atomic E-state index is 12.8. The number of hydrogen-bond donors (Lipinski definition) is 2. The van der Waals surface area contributed by atoms with E-state index in [0.29, 0.717) is 30.6 Å². The number of halogens is 1. The van der Waals surface area contributed by atoms with Gasteiger partial charge in [-0.15, -0.1) is 0 Å². The van der Waals surface area contributed by atoms with Crippen LogP contribution in [0.15, 0.2) is 29.2 Å². The molecule has 164 valence electrons. The molecule has 3 aliphatic carbocycles. The summed E-state index contributed by atoms with van der Waals surface area (Å²) < 4.78 is 27.2. The molecule has 1 heterocycles. The third-order valence-electron chi connectivity index (χ3n) is 7.93. The van der Waals surface area contributed by atoms with Crippen LogP contribution in [-0.2, 0) is 10.0 Å². The molecule has 5 atom stereocenters. The number of fused-ring (bicyclic) bond motifs is 1. The molecule has 0 aromatic heterocycles. The Kier molecular flexibility index (Phi) is 5.27. The molecule has 1 aromatic carbocycles. The van der Waals surface area contributed by atoms with Crippen molar-refractivity contribution in [3.63, 3.8) is 0 Å². The highest BCUT2D eigenvalue weighted by Gasteiger charge is 2.60. The highest BCUT2D eigenvalue weighted by atomic mass is 35.5. The average Bonchev–Trinajstić information content (AvgIpc) is 3.21. The maximum Gasteiger partial charge on any atom is 0.315 e. The Morgan fingerprint density at radius 3 is 2.93 bits per heavy atom. The van der Waals surface area contributed by atoms with Gasteiger partial charge < -0.3 is 10.6 Å². The summed E-state index contributed by atoms with van der Waals surface area (Å²) in [7, 11) is -3.55. The number of amides is 2. The molecule has 1 saturated heterocycles. The second-order valence-electron chi connectivity index (χ2n) is 9.77. The van der Waals surface area contributed by atoms with Crippen molar-refractivity contribution >= 4 is 27.7 Å². The minimum Gasteiger partial charge on any atom is -0.338 e. The summed E-state index contributed by atoms with van der Waals surface area (Å²) in [5, 5.41) is 6.76. The van der Waals surface area contributed by atoms with Crippen molar-refractivity contribution in [2.24, 2.45) is 23.7 Å². The van der Waals surface area contributed by atoms with Crippen LogP contribution in [0.1, 0.15) is 44.9 Å². The number of benzene rings is 1. The SMILES string of the molecule is O=C(NCC1CCN(S(=O)(=O)c2cccc(Cl)c2)C1)NC12CC3CCC[C@H](CC31)C2. The largest absolute Gasteiger partial charge is 0.338 e. The van der Waals surface area contributed by atoms with Crippen LogP contribution in [0, 0.1) is 23.7 Å². The Balaban J connectivity index is 1.13. The standard InChI is InChI=1S/C22H30ClN3O3S/c23-18-5-2-6-19(10-18)30(28,29)26-8-7-16(14-26)13-24-21(27)25-22-11-15-3-1-4-17(12-22)20(22)9-15/h2,5-6,10,15-17,20H,1,3-4,7-9,11-14H2,(H2,24,25,27)/t15-,16?,17?,20?,22?/m1/s1. The maximum absolute atomic E-state index is 12.8. The number of carbonyl (C=O) groups is 1. The molecule has 0 spiro atoms. The highest BCUT2D eigenvalue weighted by Crippen LogP contribution is 2.60. The monoisotopic (exact) mass is 451 g/mol. The topological polar surface area (TPSA) is 78.5 Å². The molecule has 0 radical (unpaired) electrons. The molecule has 5 rings (SSSR count). The van der Waals surface area contributed by atoms with Crippen LogP contribution in [0.4, 0.5) is 4.79 Å². The van der Waals surface area contributed by atoms with Gasteiger partial charge in [0.05, 0.1) is 4.90 Å². The van der Waals surface area contributed by atoms with Crippen LogP contribution < -0.4 is 10.6 Å². The molecule has 30 heavy (non-hydrogen) atoms. The minimum absolute atomic E-state index is 0.0253. The summed E-state index contributed by atoms with van der Waals surface area (Å²) in [4.78, 5) is 12.9. The summed E-state index contributed by atoms with van der Waals surface area (Å²) in [6.07, 6.45) is 8.29. The van der Waals surface area contributed by atoms with E-state index >= 15 is 0 Å². The summed E-state index contributed by atoms with van der Waals surface area (Å²) >= 11 is 5.96. The molecular formula is C22H30ClN3O3S. The van der Waals surface area contributed by atoms with Crippen molar-refractivity contribution in [1.29, 1.82) is 0 Å². The van der Waals surface area contributed by atoms with Crippen LogP contribution >= 0.6 is 11.6 Å². The predicted molar refractivity (Wildman–Crippen MR) is 116 cm³/mol. The molecule has 1 aliphatic heterocycles. The van der Waals surface area contributed by atoms with Crippen molar-refractivity contribution in [1.82, 2.24) is 14.9 Å². The molecule has 4 unspecified atom stereocenters. The molecule has 2 N–H and O–H groups in total. The van der Waals surface area contributed by atoms with E-state index in [-0.39, 0.29) is 22.4 Å². The molecule has 4 aliphatic rings. The lowest BCUT2D eigenvalue weighted by Crippen LogP contribution is -2.63. The van der Waals surface area contributed by atoms with Crippen molar-refractivity contribution in [3.05, 3.63) is 29.3 Å². The van der Waals surface area contributed by atoms with Gasteiger partial charge in [0.2, 0.25) is 10.0 Å². The molecule has 6 nitrogen and oxygen atoms in total. The fourth-order valence-electron chi connectivity index (χ4n) is 6.52. The lowest BCUT2D eigenvalue weighted by Gasteiger charge is -2.52. The Morgan fingerprint density at radius 2 is 2.10 bits per heavy atom. The molecule has 8 heteroatoms. The van der Waals surface area contributed by atoms with E-state index in [2.05, 4.69) is 10.6 Å². The van der Waals surface area contributed by atoms with Gasteiger partial charge in [-0.2, -0.15) is 4.31 Å². The number of carbonyl (C=O) groups excluding carboxylic acids is 1. The first kappa shape index (κ1) is 20.6. The van der Waals surface area contributed by atoms with Crippen LogP contribution in [0.5, 0.6) is 0 Å². The lowest BCUT2D eigenvalue weighted by atomic mass is 9.59. The summed E-state index contributed by atoms with van der Waals surface area (Å²) in [5.74, 6) is 2.38. The number of rotatable bonds is 5. The summed E-state index contributed by atoms with van der Waals surface area (Å²) in [6, 6.07) is 6.29. The van der Waals surface area contributed by atoms with Crippen LogP contribution in [0.2, 0.25) is 5.02 Å². The van der Waals surface area contributed by atoms with E-state index in [9.17, 15) is 13.2 Å². The van der Waals surface area contributed by atoms with E-state index < -0.39 is 10.0 Å². The Labute approximate surface area is 183 Å². The average molecular weight is 452 g/mol. The molecule has 4 fully saturated rings. The minimum atomic E-state index is -3.55. The smallest absolute Gasteiger partial charge is 0.315 e. The Morgan fingerprint density at radius 1 is 1.23 bits per heavy atom. The van der Waals surface area contributed by atoms with Crippen molar-refractivity contribution < 1.29 is 13.2 Å². The van der Waals surface area contributed by atoms with Gasteiger partial charge in [-0.05, 0) is 74.0 Å². The summed E-state index contributed by atoms with van der Waals surface area (Å²) in [6.45, 7) is 1.40. The predicted octanol–water partition coefficient (Wildman–Crippen LogP) is 3.62. The van der Waals surface area contributed by atoms with Crippen LogP contribution in [0.25, 0.3) is 0 Å². The third-order valence-corrected chi connectivity index (χ3v) is 10.0. The van der Waals surface area contributed by atoms with Gasteiger partial charge in [0.25, 0.3) is 0 Å². The van der Waals surface area contributed by atoms with Crippen LogP contribution in [-0.4, -0.2) is 43.9 Å². The van der Waals surface area contributed by atoms with Gasteiger partial charge in [0, 0.05) is 30.2 Å². The van der Waals surface area contributed by atoms with Gasteiger partial charge in [0.1, 0.15) is 0 Å². The van der Waals surface area contributed by atoms with Gasteiger partial charge in [0.15, 0.2) is 0 Å². The molecule has 2 bridgehead atoms. The molecule has 1 aromatic rings. The Hall–Kier alpha value is -1.31. The number of hydrogen-bond acceptors (Lipinski definition) is 3.